The van der Waals surface area contributed by atoms with Crippen molar-refractivity contribution in [2.24, 2.45) is 0 Å². The molecule has 5 amide bonds. The minimum absolute atomic E-state index is 0.0371. The van der Waals surface area contributed by atoms with Gasteiger partial charge in [-0.3, -0.25) is 19.7 Å². The van der Waals surface area contributed by atoms with Crippen LogP contribution in [0.1, 0.15) is 40.7 Å². The zero-order valence-corrected chi connectivity index (χ0v) is 22.4. The van der Waals surface area contributed by atoms with Crippen molar-refractivity contribution in [3.05, 3.63) is 94.8 Å². The SMILES string of the molecule is COc1cc(/C=C2\C(=O)NC(=O)N(c3ccccc3F)C2=O)ccc1OCc1ccc(C(=O)N2CCCCC2)cc1. The van der Waals surface area contributed by atoms with E-state index in [-0.39, 0.29) is 23.8 Å². The maximum Gasteiger partial charge on any atom is 0.336 e. The van der Waals surface area contributed by atoms with Gasteiger partial charge in [-0.05, 0) is 72.9 Å². The number of urea groups is 1. The molecule has 3 aromatic carbocycles. The number of carbonyl (C=O) groups excluding carboxylic acids is 4. The molecule has 5 rings (SSSR count). The van der Waals surface area contributed by atoms with Gasteiger partial charge in [-0.1, -0.05) is 30.3 Å². The lowest BCUT2D eigenvalue weighted by molar-refractivity contribution is -0.122. The number of hydrogen-bond donors (Lipinski definition) is 1. The van der Waals surface area contributed by atoms with Gasteiger partial charge in [0.1, 0.15) is 18.0 Å². The van der Waals surface area contributed by atoms with Gasteiger partial charge >= 0.3 is 6.03 Å². The van der Waals surface area contributed by atoms with Gasteiger partial charge in [0.2, 0.25) is 0 Å². The lowest BCUT2D eigenvalue weighted by Gasteiger charge is -2.26. The van der Waals surface area contributed by atoms with E-state index in [0.29, 0.717) is 27.5 Å². The number of barbiturate groups is 1. The lowest BCUT2D eigenvalue weighted by Crippen LogP contribution is -2.54. The van der Waals surface area contributed by atoms with E-state index in [4.69, 9.17) is 9.47 Å². The Balaban J connectivity index is 1.29. The van der Waals surface area contributed by atoms with Crippen molar-refractivity contribution in [3.63, 3.8) is 0 Å². The van der Waals surface area contributed by atoms with Crippen LogP contribution in [0.2, 0.25) is 0 Å². The third-order valence-electron chi connectivity index (χ3n) is 6.93. The Bertz CT molecular complexity index is 1530. The number of hydrogen-bond acceptors (Lipinski definition) is 6. The molecule has 0 atom stereocenters. The van der Waals surface area contributed by atoms with Crippen molar-refractivity contribution in [3.8, 4) is 11.5 Å². The van der Waals surface area contributed by atoms with Gasteiger partial charge in [-0.15, -0.1) is 0 Å². The molecule has 0 bridgehead atoms. The number of likely N-dealkylation sites (tertiary alicyclic amines) is 1. The Morgan fingerprint density at radius 3 is 2.39 bits per heavy atom. The van der Waals surface area contributed by atoms with Crippen LogP contribution in [0.3, 0.4) is 0 Å². The molecule has 10 heteroatoms. The topological polar surface area (TPSA) is 105 Å². The number of imide groups is 2. The van der Waals surface area contributed by atoms with Gasteiger partial charge in [0.15, 0.2) is 11.5 Å². The number of ether oxygens (including phenoxy) is 2. The second kappa shape index (κ2) is 12.0. The van der Waals surface area contributed by atoms with Crippen LogP contribution < -0.4 is 19.7 Å². The summed E-state index contributed by atoms with van der Waals surface area (Å²) in [6, 6.07) is 16.4. The quantitative estimate of drug-likeness (QED) is 0.333. The Labute approximate surface area is 236 Å². The van der Waals surface area contributed by atoms with Crippen molar-refractivity contribution in [2.75, 3.05) is 25.1 Å². The largest absolute Gasteiger partial charge is 0.493 e. The molecular formula is C31H28FN3O6. The van der Waals surface area contributed by atoms with Gasteiger partial charge in [-0.2, -0.15) is 0 Å². The van der Waals surface area contributed by atoms with Crippen molar-refractivity contribution in [2.45, 2.75) is 25.9 Å². The van der Waals surface area contributed by atoms with E-state index in [0.717, 1.165) is 44.0 Å². The summed E-state index contributed by atoms with van der Waals surface area (Å²) >= 11 is 0. The van der Waals surface area contributed by atoms with Gasteiger partial charge in [-0.25, -0.2) is 14.1 Å². The number of rotatable bonds is 7. The molecule has 2 fully saturated rings. The number of amides is 5. The minimum atomic E-state index is -1.03. The highest BCUT2D eigenvalue weighted by Crippen LogP contribution is 2.31. The van der Waals surface area contributed by atoms with E-state index in [1.165, 1.54) is 31.4 Å². The summed E-state index contributed by atoms with van der Waals surface area (Å²) in [5.41, 5.74) is 1.32. The van der Waals surface area contributed by atoms with Crippen LogP contribution in [0.4, 0.5) is 14.9 Å². The number of benzene rings is 3. The normalized spacial score (nSPS) is 16.5. The summed E-state index contributed by atoms with van der Waals surface area (Å²) in [6.07, 6.45) is 4.52. The molecule has 41 heavy (non-hydrogen) atoms. The highest BCUT2D eigenvalue weighted by Gasteiger charge is 2.38. The average Bonchev–Trinajstić information content (AvgIpc) is 2.99. The van der Waals surface area contributed by atoms with Crippen molar-refractivity contribution >= 4 is 35.5 Å². The number of halogens is 1. The van der Waals surface area contributed by atoms with Crippen LogP contribution in [0.15, 0.2) is 72.3 Å². The lowest BCUT2D eigenvalue weighted by atomic mass is 10.1. The molecule has 2 heterocycles. The zero-order chi connectivity index (χ0) is 28.9. The molecule has 0 spiro atoms. The molecule has 0 radical (unpaired) electrons. The monoisotopic (exact) mass is 557 g/mol. The molecular weight excluding hydrogens is 529 g/mol. The molecule has 210 valence electrons. The Hall–Kier alpha value is -4.99. The van der Waals surface area contributed by atoms with E-state index in [1.54, 1.807) is 30.3 Å². The predicted molar refractivity (Wildman–Crippen MR) is 149 cm³/mol. The Morgan fingerprint density at radius 2 is 1.68 bits per heavy atom. The van der Waals surface area contributed by atoms with E-state index in [9.17, 15) is 23.6 Å². The van der Waals surface area contributed by atoms with E-state index in [1.807, 2.05) is 17.0 Å². The fourth-order valence-electron chi connectivity index (χ4n) is 4.75. The maximum absolute atomic E-state index is 14.3. The molecule has 1 N–H and O–H groups in total. The van der Waals surface area contributed by atoms with Gasteiger partial charge in [0.25, 0.3) is 17.7 Å². The summed E-state index contributed by atoms with van der Waals surface area (Å²) < 4.78 is 25.7. The molecule has 0 aliphatic carbocycles. The van der Waals surface area contributed by atoms with E-state index in [2.05, 4.69) is 5.32 Å². The average molecular weight is 558 g/mol. The number of nitrogens with zero attached hydrogens (tertiary/aromatic N) is 2. The first-order valence-electron chi connectivity index (χ1n) is 13.2. The summed E-state index contributed by atoms with van der Waals surface area (Å²) in [5.74, 6) is -1.82. The van der Waals surface area contributed by atoms with E-state index < -0.39 is 23.7 Å². The van der Waals surface area contributed by atoms with Gasteiger partial charge in [0.05, 0.1) is 12.8 Å². The molecule has 0 saturated carbocycles. The molecule has 2 saturated heterocycles. The van der Waals surface area contributed by atoms with Crippen LogP contribution >= 0.6 is 0 Å². The molecule has 3 aromatic rings. The first-order chi connectivity index (χ1) is 19.9. The van der Waals surface area contributed by atoms with Crippen molar-refractivity contribution < 1.29 is 33.0 Å². The second-order valence-corrected chi connectivity index (χ2v) is 9.66. The fourth-order valence-corrected chi connectivity index (χ4v) is 4.75. The number of methoxy groups -OCH3 is 1. The van der Waals surface area contributed by atoms with Crippen LogP contribution in [-0.4, -0.2) is 48.9 Å². The van der Waals surface area contributed by atoms with Gasteiger partial charge in [0, 0.05) is 18.7 Å². The van der Waals surface area contributed by atoms with E-state index >= 15 is 0 Å². The van der Waals surface area contributed by atoms with Crippen LogP contribution in [0.5, 0.6) is 11.5 Å². The molecule has 0 aromatic heterocycles. The summed E-state index contributed by atoms with van der Waals surface area (Å²) in [4.78, 5) is 53.1. The Morgan fingerprint density at radius 1 is 0.951 bits per heavy atom. The van der Waals surface area contributed by atoms with Crippen molar-refractivity contribution in [1.82, 2.24) is 10.2 Å². The van der Waals surface area contributed by atoms with Crippen molar-refractivity contribution in [1.29, 1.82) is 0 Å². The number of nitrogens with one attached hydrogen (secondary N) is 1. The highest BCUT2D eigenvalue weighted by atomic mass is 19.1. The third-order valence-corrected chi connectivity index (χ3v) is 6.93. The minimum Gasteiger partial charge on any atom is -0.493 e. The summed E-state index contributed by atoms with van der Waals surface area (Å²) in [6.45, 7) is 1.80. The molecule has 2 aliphatic rings. The van der Waals surface area contributed by atoms with Crippen LogP contribution in [0, 0.1) is 5.82 Å². The molecule has 0 unspecified atom stereocenters. The van der Waals surface area contributed by atoms with Crippen LogP contribution in [0.25, 0.3) is 6.08 Å². The smallest absolute Gasteiger partial charge is 0.336 e. The summed E-state index contributed by atoms with van der Waals surface area (Å²) in [7, 11) is 1.46. The fraction of sp³-hybridized carbons (Fsp3) is 0.226. The zero-order valence-electron chi connectivity index (χ0n) is 22.4. The predicted octanol–water partition coefficient (Wildman–Crippen LogP) is 4.71. The number of anilines is 1. The Kier molecular flexibility index (Phi) is 8.09. The number of carbonyl (C=O) groups is 4. The first kappa shape index (κ1) is 27.6. The number of para-hydroxylation sites is 1. The van der Waals surface area contributed by atoms with Gasteiger partial charge < -0.3 is 14.4 Å². The third kappa shape index (κ3) is 5.96. The molecule has 9 nitrogen and oxygen atoms in total. The second-order valence-electron chi connectivity index (χ2n) is 9.66. The standard InChI is InChI=1S/C31H28FN3O6/c1-40-27-18-21(17-23-28(36)33-31(39)35(30(23)38)25-8-4-3-7-24(25)32)11-14-26(27)41-19-20-9-12-22(13-10-20)29(37)34-15-5-2-6-16-34/h3-4,7-14,17-18H,2,5-6,15-16,19H2,1H3,(H,33,36,39)/b23-17+. The number of piperidine rings is 1. The van der Waals surface area contributed by atoms with Crippen LogP contribution in [-0.2, 0) is 16.2 Å². The summed E-state index contributed by atoms with van der Waals surface area (Å²) in [5, 5.41) is 2.08. The molecule has 2 aliphatic heterocycles. The first-order valence-corrected chi connectivity index (χ1v) is 13.2. The maximum atomic E-state index is 14.3. The highest BCUT2D eigenvalue weighted by molar-refractivity contribution is 6.39.